The Labute approximate surface area is 220 Å². The molecule has 0 heterocycles. The van der Waals surface area contributed by atoms with Gasteiger partial charge < -0.3 is 19.7 Å². The molecule has 0 saturated heterocycles. The van der Waals surface area contributed by atoms with Crippen LogP contribution in [0.5, 0.6) is 0 Å². The molecule has 0 spiro atoms. The molecular weight excluding hydrogens is 472 g/mol. The number of carbonyl (C=O) groups excluding carboxylic acids is 3. The predicted octanol–water partition coefficient (Wildman–Crippen LogP) is 3.93. The fourth-order valence-corrected chi connectivity index (χ4v) is 7.52. The number of ether oxygens (including phenoxy) is 2. The average molecular weight is 515 g/mol. The summed E-state index contributed by atoms with van der Waals surface area (Å²) in [6.45, 7) is 14.5. The topological polar surface area (TPSA) is 110 Å². The van der Waals surface area contributed by atoms with Crippen molar-refractivity contribution in [1.82, 2.24) is 0 Å². The first kappa shape index (κ1) is 27.8. The lowest BCUT2D eigenvalue weighted by Gasteiger charge is -2.52. The molecule has 2 fully saturated rings. The smallest absolute Gasteiger partial charge is 0.333 e. The van der Waals surface area contributed by atoms with E-state index in [1.54, 1.807) is 26.8 Å². The molecule has 9 unspecified atom stereocenters. The van der Waals surface area contributed by atoms with E-state index in [4.69, 9.17) is 9.47 Å². The Bertz CT molecular complexity index is 1100. The lowest BCUT2D eigenvalue weighted by molar-refractivity contribution is -0.220. The van der Waals surface area contributed by atoms with E-state index in [0.29, 0.717) is 29.6 Å². The van der Waals surface area contributed by atoms with Crippen molar-refractivity contribution in [1.29, 1.82) is 0 Å². The Morgan fingerprint density at radius 3 is 2.46 bits per heavy atom. The monoisotopic (exact) mass is 514 g/mol. The second-order valence-electron chi connectivity index (χ2n) is 12.3. The van der Waals surface area contributed by atoms with E-state index in [2.05, 4.69) is 0 Å². The number of esters is 2. The Kier molecular flexibility index (Phi) is 6.90. The number of aliphatic hydroxyl groups is 2. The largest absolute Gasteiger partial charge is 0.454 e. The maximum atomic E-state index is 13.2. The SMILES string of the molecule is CC=C(C)C(=O)OC1C(C)C2(O)C3C=C(C)C(=O)C3CC(CO)=CC2C2C(C)(C)C12OC(=O)C(C)CC. The van der Waals surface area contributed by atoms with Crippen molar-refractivity contribution in [2.45, 2.75) is 85.5 Å². The molecule has 4 rings (SSSR count). The zero-order valence-corrected chi connectivity index (χ0v) is 23.3. The summed E-state index contributed by atoms with van der Waals surface area (Å²) in [6, 6.07) is 0. The number of aliphatic hydroxyl groups excluding tert-OH is 1. The molecule has 7 heteroatoms. The normalized spacial score (nSPS) is 40.8. The summed E-state index contributed by atoms with van der Waals surface area (Å²) in [5.41, 5.74) is -1.51. The van der Waals surface area contributed by atoms with Gasteiger partial charge in [0.1, 0.15) is 6.10 Å². The van der Waals surface area contributed by atoms with Gasteiger partial charge in [-0.25, -0.2) is 4.79 Å². The number of hydrogen-bond donors (Lipinski definition) is 2. The third kappa shape index (κ3) is 3.71. The molecule has 2 N–H and O–H groups in total. The fraction of sp³-hybridized carbons (Fsp3) is 0.700. The average Bonchev–Trinajstić information content (AvgIpc) is 3.26. The van der Waals surface area contributed by atoms with Gasteiger partial charge in [0.05, 0.1) is 18.1 Å². The van der Waals surface area contributed by atoms with Crippen LogP contribution in [0.4, 0.5) is 0 Å². The van der Waals surface area contributed by atoms with Gasteiger partial charge in [-0.05, 0) is 44.8 Å². The highest BCUT2D eigenvalue weighted by Gasteiger charge is 2.87. The summed E-state index contributed by atoms with van der Waals surface area (Å²) < 4.78 is 12.5. The van der Waals surface area contributed by atoms with Crippen LogP contribution in [0.3, 0.4) is 0 Å². The first-order valence-corrected chi connectivity index (χ1v) is 13.6. The van der Waals surface area contributed by atoms with Crippen LogP contribution in [0.15, 0.2) is 34.9 Å². The lowest BCUT2D eigenvalue weighted by atomic mass is 9.59. The molecule has 2 saturated carbocycles. The van der Waals surface area contributed by atoms with Crippen LogP contribution in [0.1, 0.15) is 68.2 Å². The minimum atomic E-state index is -1.45. The number of hydrogen-bond acceptors (Lipinski definition) is 7. The number of carbonyl (C=O) groups is 3. The first-order valence-electron chi connectivity index (χ1n) is 13.6. The highest BCUT2D eigenvalue weighted by atomic mass is 16.6. The number of Topliss-reactive ketones (excluding diaryl/α,β-unsaturated/α-hetero) is 1. The summed E-state index contributed by atoms with van der Waals surface area (Å²) in [7, 11) is 0. The molecule has 0 aliphatic heterocycles. The van der Waals surface area contributed by atoms with Gasteiger partial charge in [-0.3, -0.25) is 9.59 Å². The zero-order valence-electron chi connectivity index (χ0n) is 23.3. The molecule has 7 nitrogen and oxygen atoms in total. The van der Waals surface area contributed by atoms with Gasteiger partial charge in [0, 0.05) is 40.6 Å². The van der Waals surface area contributed by atoms with Crippen molar-refractivity contribution in [2.75, 3.05) is 6.61 Å². The first-order chi connectivity index (χ1) is 17.2. The molecule has 0 aromatic heterocycles. The minimum absolute atomic E-state index is 0.0287. The Morgan fingerprint density at radius 1 is 1.24 bits per heavy atom. The minimum Gasteiger partial charge on any atom is -0.454 e. The van der Waals surface area contributed by atoms with Crippen molar-refractivity contribution in [2.24, 2.45) is 40.9 Å². The van der Waals surface area contributed by atoms with Crippen LogP contribution in [0.25, 0.3) is 0 Å². The third-order valence-corrected chi connectivity index (χ3v) is 10.2. The number of fused-ring (bicyclic) bond motifs is 5. The highest BCUT2D eigenvalue weighted by molar-refractivity contribution is 6.00. The van der Waals surface area contributed by atoms with Gasteiger partial charge >= 0.3 is 11.9 Å². The van der Waals surface area contributed by atoms with Gasteiger partial charge in [0.25, 0.3) is 0 Å². The van der Waals surface area contributed by atoms with E-state index in [9.17, 15) is 24.6 Å². The van der Waals surface area contributed by atoms with Crippen molar-refractivity contribution in [3.05, 3.63) is 34.9 Å². The van der Waals surface area contributed by atoms with Crippen LogP contribution in [-0.2, 0) is 23.9 Å². The lowest BCUT2D eigenvalue weighted by Crippen LogP contribution is -2.63. The standard InChI is InChI=1S/C30H42O7/c1-9-15(3)26(33)36-25-18(6)29(35)21-11-17(5)23(32)20(21)12-19(14-31)13-22(29)24-28(7,8)30(24,25)37-27(34)16(4)10-2/h9,11,13,16,18,20-22,24-25,31,35H,10,12,14H2,1-8H3. The van der Waals surface area contributed by atoms with Crippen LogP contribution in [0.2, 0.25) is 0 Å². The number of rotatable bonds is 6. The molecule has 0 aromatic carbocycles. The quantitative estimate of drug-likeness (QED) is 0.314. The van der Waals surface area contributed by atoms with E-state index >= 15 is 0 Å². The van der Waals surface area contributed by atoms with E-state index in [0.717, 1.165) is 0 Å². The number of allylic oxidation sites excluding steroid dienone is 2. The van der Waals surface area contributed by atoms with Crippen molar-refractivity contribution < 1.29 is 34.1 Å². The second-order valence-corrected chi connectivity index (χ2v) is 12.3. The van der Waals surface area contributed by atoms with Crippen molar-refractivity contribution >= 4 is 17.7 Å². The molecule has 0 aromatic rings. The Balaban J connectivity index is 1.92. The number of ketones is 1. The molecule has 4 aliphatic rings. The van der Waals surface area contributed by atoms with E-state index in [-0.39, 0.29) is 30.2 Å². The van der Waals surface area contributed by atoms with Crippen LogP contribution in [-0.4, -0.2) is 51.8 Å². The van der Waals surface area contributed by atoms with Gasteiger partial charge in [-0.15, -0.1) is 0 Å². The molecule has 0 amide bonds. The molecular formula is C30H42O7. The molecule has 9 atom stereocenters. The van der Waals surface area contributed by atoms with E-state index in [1.807, 2.05) is 46.8 Å². The third-order valence-electron chi connectivity index (χ3n) is 10.2. The van der Waals surface area contributed by atoms with Crippen LogP contribution < -0.4 is 0 Å². The Morgan fingerprint density at radius 2 is 1.89 bits per heavy atom. The van der Waals surface area contributed by atoms with Crippen molar-refractivity contribution in [3.8, 4) is 0 Å². The van der Waals surface area contributed by atoms with Gasteiger partial charge in [-0.1, -0.05) is 52.8 Å². The zero-order chi connectivity index (χ0) is 27.7. The van der Waals surface area contributed by atoms with Crippen LogP contribution >= 0.6 is 0 Å². The van der Waals surface area contributed by atoms with E-state index in [1.165, 1.54) is 0 Å². The summed E-state index contributed by atoms with van der Waals surface area (Å²) in [6.07, 6.45) is 5.47. The summed E-state index contributed by atoms with van der Waals surface area (Å²) in [4.78, 5) is 39.5. The Hall–Kier alpha value is -2.25. The van der Waals surface area contributed by atoms with Gasteiger partial charge in [-0.2, -0.15) is 0 Å². The highest BCUT2D eigenvalue weighted by Crippen LogP contribution is 2.77. The summed E-state index contributed by atoms with van der Waals surface area (Å²) >= 11 is 0. The summed E-state index contributed by atoms with van der Waals surface area (Å²) in [5.74, 6) is -3.79. The fourth-order valence-electron chi connectivity index (χ4n) is 7.52. The molecule has 4 aliphatic carbocycles. The van der Waals surface area contributed by atoms with Gasteiger partial charge in [0.2, 0.25) is 0 Å². The van der Waals surface area contributed by atoms with Crippen LogP contribution in [0, 0.1) is 40.9 Å². The second kappa shape index (κ2) is 9.19. The molecule has 0 radical (unpaired) electrons. The molecule has 0 bridgehead atoms. The maximum absolute atomic E-state index is 13.2. The van der Waals surface area contributed by atoms with Gasteiger partial charge in [0.15, 0.2) is 11.4 Å². The molecule has 204 valence electrons. The predicted molar refractivity (Wildman–Crippen MR) is 138 cm³/mol. The van der Waals surface area contributed by atoms with Crippen molar-refractivity contribution in [3.63, 3.8) is 0 Å². The van der Waals surface area contributed by atoms with E-state index < -0.39 is 52.4 Å². The molecule has 37 heavy (non-hydrogen) atoms. The summed E-state index contributed by atoms with van der Waals surface area (Å²) in [5, 5.41) is 22.9. The maximum Gasteiger partial charge on any atom is 0.333 e.